The van der Waals surface area contributed by atoms with Crippen LogP contribution < -0.4 is 14.8 Å². The second-order valence-corrected chi connectivity index (χ2v) is 9.43. The van der Waals surface area contributed by atoms with E-state index in [0.717, 1.165) is 12.0 Å². The summed E-state index contributed by atoms with van der Waals surface area (Å²) in [7, 11) is 0. The highest BCUT2D eigenvalue weighted by atomic mass is 35.5. The molecule has 0 heterocycles. The Morgan fingerprint density at radius 2 is 1.58 bits per heavy atom. The van der Waals surface area contributed by atoms with E-state index in [0.29, 0.717) is 53.2 Å². The van der Waals surface area contributed by atoms with E-state index in [4.69, 9.17) is 32.7 Å². The van der Waals surface area contributed by atoms with Crippen molar-refractivity contribution in [1.82, 2.24) is 10.2 Å². The Morgan fingerprint density at radius 1 is 0.944 bits per heavy atom. The highest BCUT2D eigenvalue weighted by Gasteiger charge is 2.30. The van der Waals surface area contributed by atoms with Gasteiger partial charge in [-0.2, -0.15) is 0 Å². The largest absolute Gasteiger partial charge is 0.490 e. The molecule has 36 heavy (non-hydrogen) atoms. The number of ether oxygens (including phenoxy) is 2. The maximum absolute atomic E-state index is 13.6. The van der Waals surface area contributed by atoms with Gasteiger partial charge in [-0.05, 0) is 69.9 Å². The number of amides is 2. The Labute approximate surface area is 225 Å². The molecular formula is C28H38Cl2N2O4. The van der Waals surface area contributed by atoms with Crippen molar-refractivity contribution in [3.05, 3.63) is 57.6 Å². The second-order valence-electron chi connectivity index (χ2n) is 8.61. The van der Waals surface area contributed by atoms with Crippen LogP contribution in [0.15, 0.2) is 36.4 Å². The summed E-state index contributed by atoms with van der Waals surface area (Å²) in [5, 5.41) is 3.94. The Hall–Kier alpha value is -2.44. The molecule has 0 spiro atoms. The van der Waals surface area contributed by atoms with Crippen LogP contribution in [0.5, 0.6) is 11.5 Å². The smallest absolute Gasteiger partial charge is 0.243 e. The van der Waals surface area contributed by atoms with Crippen LogP contribution in [0.2, 0.25) is 10.0 Å². The molecule has 2 aromatic carbocycles. The van der Waals surface area contributed by atoms with Gasteiger partial charge in [-0.15, -0.1) is 0 Å². The Balaban J connectivity index is 2.30. The fourth-order valence-electron chi connectivity index (χ4n) is 3.86. The minimum Gasteiger partial charge on any atom is -0.490 e. The van der Waals surface area contributed by atoms with E-state index in [-0.39, 0.29) is 30.8 Å². The number of rotatable bonds is 14. The molecule has 0 aliphatic carbocycles. The third-order valence-electron chi connectivity index (χ3n) is 6.01. The molecule has 0 bridgehead atoms. The highest BCUT2D eigenvalue weighted by Crippen LogP contribution is 2.30. The third-order valence-corrected chi connectivity index (χ3v) is 6.72. The van der Waals surface area contributed by atoms with Gasteiger partial charge in [0.05, 0.1) is 13.2 Å². The van der Waals surface area contributed by atoms with Crippen LogP contribution in [0.4, 0.5) is 0 Å². The summed E-state index contributed by atoms with van der Waals surface area (Å²) >= 11 is 12.8. The molecule has 0 aliphatic heterocycles. The maximum Gasteiger partial charge on any atom is 0.243 e. The number of benzene rings is 2. The van der Waals surface area contributed by atoms with Gasteiger partial charge in [-0.25, -0.2) is 0 Å². The van der Waals surface area contributed by atoms with Crippen LogP contribution in [-0.2, 0) is 22.6 Å². The first-order chi connectivity index (χ1) is 17.2. The summed E-state index contributed by atoms with van der Waals surface area (Å²) < 4.78 is 11.4. The molecule has 6 nitrogen and oxygen atoms in total. The van der Waals surface area contributed by atoms with Crippen molar-refractivity contribution < 1.29 is 19.1 Å². The average Bonchev–Trinajstić information content (AvgIpc) is 2.85. The summed E-state index contributed by atoms with van der Waals surface area (Å²) in [5.41, 5.74) is 1.58. The van der Waals surface area contributed by atoms with E-state index < -0.39 is 6.04 Å². The van der Waals surface area contributed by atoms with Gasteiger partial charge in [-0.1, -0.05) is 49.2 Å². The molecule has 0 saturated heterocycles. The van der Waals surface area contributed by atoms with Gasteiger partial charge in [-0.3, -0.25) is 9.59 Å². The molecule has 0 aliphatic rings. The van der Waals surface area contributed by atoms with E-state index in [2.05, 4.69) is 5.32 Å². The third kappa shape index (κ3) is 8.31. The first-order valence-electron chi connectivity index (χ1n) is 12.7. The fourth-order valence-corrected chi connectivity index (χ4v) is 4.38. The summed E-state index contributed by atoms with van der Waals surface area (Å²) in [4.78, 5) is 28.3. The van der Waals surface area contributed by atoms with E-state index in [1.165, 1.54) is 0 Å². The zero-order chi connectivity index (χ0) is 26.7. The first kappa shape index (κ1) is 29.8. The fraction of sp³-hybridized carbons (Fsp3) is 0.500. The summed E-state index contributed by atoms with van der Waals surface area (Å²) in [6.07, 6.45) is 1.97. The molecule has 0 fully saturated rings. The molecule has 0 saturated carbocycles. The van der Waals surface area contributed by atoms with Crippen molar-refractivity contribution >= 4 is 35.0 Å². The Morgan fingerprint density at radius 3 is 2.17 bits per heavy atom. The zero-order valence-electron chi connectivity index (χ0n) is 21.9. The zero-order valence-corrected chi connectivity index (χ0v) is 23.4. The topological polar surface area (TPSA) is 67.9 Å². The van der Waals surface area contributed by atoms with E-state index >= 15 is 0 Å². The molecule has 8 heteroatoms. The Kier molecular flexibility index (Phi) is 12.4. The molecular weight excluding hydrogens is 499 g/mol. The number of nitrogens with one attached hydrogen (secondary N) is 1. The summed E-state index contributed by atoms with van der Waals surface area (Å²) in [5.74, 6) is 1.01. The quantitative estimate of drug-likeness (QED) is 0.301. The molecule has 198 valence electrons. The van der Waals surface area contributed by atoms with Gasteiger partial charge in [0, 0.05) is 34.6 Å². The number of hydrogen-bond acceptors (Lipinski definition) is 4. The van der Waals surface area contributed by atoms with Crippen LogP contribution in [0.25, 0.3) is 0 Å². The molecule has 2 rings (SSSR count). The van der Waals surface area contributed by atoms with E-state index in [9.17, 15) is 9.59 Å². The van der Waals surface area contributed by atoms with Gasteiger partial charge in [0.15, 0.2) is 11.5 Å². The van der Waals surface area contributed by atoms with Crippen molar-refractivity contribution in [3.63, 3.8) is 0 Å². The first-order valence-corrected chi connectivity index (χ1v) is 13.4. The van der Waals surface area contributed by atoms with Crippen molar-refractivity contribution in [1.29, 1.82) is 0 Å². The Bertz CT molecular complexity index is 995. The number of halogens is 2. The van der Waals surface area contributed by atoms with Crippen LogP contribution >= 0.6 is 23.2 Å². The SMILES string of the molecule is CCOc1ccc(CCC(=O)N(Cc2c(Cl)cccc2Cl)[C@H](CC)C(=O)N[C@@H](C)CC)cc1OCC. The van der Waals surface area contributed by atoms with Gasteiger partial charge in [0.25, 0.3) is 0 Å². The lowest BCUT2D eigenvalue weighted by atomic mass is 10.0. The minimum absolute atomic E-state index is 0.00763. The minimum atomic E-state index is -0.641. The number of hydrogen-bond donors (Lipinski definition) is 1. The molecule has 2 atom stereocenters. The molecule has 0 unspecified atom stereocenters. The van der Waals surface area contributed by atoms with Crippen LogP contribution in [0.3, 0.4) is 0 Å². The van der Waals surface area contributed by atoms with Crippen molar-refractivity contribution in [2.24, 2.45) is 0 Å². The van der Waals surface area contributed by atoms with Crippen molar-refractivity contribution in [3.8, 4) is 11.5 Å². The number of carbonyl (C=O) groups is 2. The lowest BCUT2D eigenvalue weighted by Gasteiger charge is -2.32. The number of nitrogens with zero attached hydrogens (tertiary/aromatic N) is 1. The summed E-state index contributed by atoms with van der Waals surface area (Å²) in [6, 6.07) is 10.3. The standard InChI is InChI=1S/C28H38Cl2N2O4/c1-6-19(5)31-28(34)24(7-2)32(18-21-22(29)11-10-12-23(21)30)27(33)16-14-20-13-15-25(35-8-3)26(17-20)36-9-4/h10-13,15,17,19,24H,6-9,14,16,18H2,1-5H3,(H,31,34)/t19-,24+/m0/s1. The average molecular weight is 538 g/mol. The van der Waals surface area contributed by atoms with Crippen LogP contribution in [0, 0.1) is 0 Å². The monoisotopic (exact) mass is 536 g/mol. The van der Waals surface area contributed by atoms with Crippen LogP contribution in [-0.4, -0.2) is 42.0 Å². The lowest BCUT2D eigenvalue weighted by molar-refractivity contribution is -0.141. The number of aryl methyl sites for hydroxylation is 1. The normalized spacial score (nSPS) is 12.5. The second kappa shape index (κ2) is 15.0. The predicted molar refractivity (Wildman–Crippen MR) is 146 cm³/mol. The van der Waals surface area contributed by atoms with E-state index in [1.54, 1.807) is 23.1 Å². The molecule has 0 aromatic heterocycles. The van der Waals surface area contributed by atoms with Gasteiger partial charge < -0.3 is 19.7 Å². The number of carbonyl (C=O) groups excluding carboxylic acids is 2. The molecule has 2 amide bonds. The van der Waals surface area contributed by atoms with E-state index in [1.807, 2.05) is 52.8 Å². The molecule has 0 radical (unpaired) electrons. The summed E-state index contributed by atoms with van der Waals surface area (Å²) in [6.45, 7) is 10.9. The van der Waals surface area contributed by atoms with Gasteiger partial charge >= 0.3 is 0 Å². The predicted octanol–water partition coefficient (Wildman–Crippen LogP) is 6.45. The molecule has 2 aromatic rings. The lowest BCUT2D eigenvalue weighted by Crippen LogP contribution is -2.50. The van der Waals surface area contributed by atoms with Gasteiger partial charge in [0.2, 0.25) is 11.8 Å². The van der Waals surface area contributed by atoms with Crippen molar-refractivity contribution in [2.75, 3.05) is 13.2 Å². The highest BCUT2D eigenvalue weighted by molar-refractivity contribution is 6.36. The van der Waals surface area contributed by atoms with Gasteiger partial charge in [0.1, 0.15) is 6.04 Å². The maximum atomic E-state index is 13.6. The van der Waals surface area contributed by atoms with Crippen molar-refractivity contribution in [2.45, 2.75) is 78.9 Å². The molecule has 1 N–H and O–H groups in total. The van der Waals surface area contributed by atoms with Crippen LogP contribution in [0.1, 0.15) is 65.0 Å².